The quantitative estimate of drug-likeness (QED) is 0.166. The van der Waals surface area contributed by atoms with Gasteiger partial charge in [-0.3, -0.25) is 20.0 Å². The number of aliphatic imine (C=N–C) groups is 2. The van der Waals surface area contributed by atoms with E-state index in [4.69, 9.17) is 0 Å². The first-order chi connectivity index (χ1) is 26.6. The number of fused-ring (bicyclic) bond motifs is 6. The van der Waals surface area contributed by atoms with Crippen LogP contribution in [0.2, 0.25) is 0 Å². The maximum atomic E-state index is 4.62. The van der Waals surface area contributed by atoms with E-state index in [-0.39, 0.29) is 0 Å². The fourth-order valence-corrected chi connectivity index (χ4v) is 8.56. The molecule has 0 fully saturated rings. The third-order valence-corrected chi connectivity index (χ3v) is 11.3. The van der Waals surface area contributed by atoms with Gasteiger partial charge in [0.15, 0.2) is 0 Å². The number of aromatic nitrogens is 4. The molecule has 0 aliphatic carbocycles. The first-order valence-electron chi connectivity index (χ1n) is 18.9. The molecule has 4 aromatic carbocycles. The molecule has 0 saturated carbocycles. The van der Waals surface area contributed by atoms with Crippen molar-refractivity contribution in [2.45, 2.75) is 38.5 Å². The summed E-state index contributed by atoms with van der Waals surface area (Å²) in [5.41, 5.74) is 17.5. The molecule has 0 N–H and O–H groups in total. The molecule has 0 spiro atoms. The largest absolute Gasteiger partial charge is 0.312 e. The van der Waals surface area contributed by atoms with E-state index in [0.717, 1.165) is 36.7 Å². The van der Waals surface area contributed by atoms with Gasteiger partial charge in [-0.05, 0) is 82.6 Å². The van der Waals surface area contributed by atoms with E-state index in [0.29, 0.717) is 11.8 Å². The third-order valence-electron chi connectivity index (χ3n) is 11.3. The van der Waals surface area contributed by atoms with Crippen LogP contribution in [0.1, 0.15) is 70.5 Å². The average Bonchev–Trinajstić information content (AvgIpc) is 3.74. The molecular weight excluding hydrogens is 661 g/mol. The second kappa shape index (κ2) is 13.2. The normalized spacial score (nSPS) is 16.2. The van der Waals surface area contributed by atoms with Gasteiger partial charge in [0, 0.05) is 107 Å². The fraction of sp³-hybridized carbons (Fsp3) is 0.167. The van der Waals surface area contributed by atoms with Crippen LogP contribution in [0.25, 0.3) is 44.3 Å². The summed E-state index contributed by atoms with van der Waals surface area (Å²) < 4.78 is 4.79. The Kier molecular flexibility index (Phi) is 7.90. The number of benzene rings is 4. The number of hydrogen-bond donors (Lipinski definition) is 0. The van der Waals surface area contributed by atoms with Gasteiger partial charge in [0.2, 0.25) is 0 Å². The summed E-state index contributed by atoms with van der Waals surface area (Å²) in [6.07, 6.45) is 13.5. The monoisotopic (exact) mass is 700 g/mol. The SMILES string of the molecule is CC1CN=Cc2c1n(-c1ccc(Cc3ccc(-c4ccc(Cc5ccc(-n6c7c(c8cnccc86)C=NCC7C)cc5)cc4)cc3)cc1)c1ccncc21. The minimum Gasteiger partial charge on any atom is -0.312 e. The van der Waals surface area contributed by atoms with Crippen molar-refractivity contribution < 1.29 is 0 Å². The summed E-state index contributed by atoms with van der Waals surface area (Å²) in [6, 6.07) is 40.3. The third kappa shape index (κ3) is 5.57. The van der Waals surface area contributed by atoms with E-state index in [1.54, 1.807) is 0 Å². The van der Waals surface area contributed by atoms with Crippen molar-refractivity contribution in [2.24, 2.45) is 9.98 Å². The first kappa shape index (κ1) is 32.3. The number of rotatable bonds is 7. The van der Waals surface area contributed by atoms with Gasteiger partial charge in [-0.1, -0.05) is 86.6 Å². The van der Waals surface area contributed by atoms with Crippen LogP contribution in [-0.4, -0.2) is 44.6 Å². The van der Waals surface area contributed by atoms with Crippen LogP contribution < -0.4 is 0 Å². The van der Waals surface area contributed by atoms with Gasteiger partial charge in [-0.15, -0.1) is 0 Å². The zero-order valence-corrected chi connectivity index (χ0v) is 30.5. The lowest BCUT2D eigenvalue weighted by Gasteiger charge is -2.19. The molecule has 54 heavy (non-hydrogen) atoms. The molecule has 10 rings (SSSR count). The van der Waals surface area contributed by atoms with E-state index in [1.807, 2.05) is 37.2 Å². The number of hydrogen-bond acceptors (Lipinski definition) is 4. The van der Waals surface area contributed by atoms with Gasteiger partial charge in [-0.2, -0.15) is 0 Å². The molecular formula is C48H40N6. The highest BCUT2D eigenvalue weighted by Crippen LogP contribution is 2.37. The second-order valence-electron chi connectivity index (χ2n) is 14.9. The lowest BCUT2D eigenvalue weighted by atomic mass is 9.98. The fourth-order valence-electron chi connectivity index (χ4n) is 8.56. The zero-order valence-electron chi connectivity index (χ0n) is 30.5. The molecule has 0 amide bonds. The Balaban J connectivity index is 0.819. The predicted octanol–water partition coefficient (Wildman–Crippen LogP) is 10.3. The van der Waals surface area contributed by atoms with E-state index in [2.05, 4.69) is 152 Å². The summed E-state index contributed by atoms with van der Waals surface area (Å²) in [7, 11) is 0. The molecule has 0 saturated heterocycles. The minimum atomic E-state index is 0.353. The topological polar surface area (TPSA) is 60.4 Å². The van der Waals surface area contributed by atoms with E-state index in [9.17, 15) is 0 Å². The Morgan fingerprint density at radius 1 is 0.481 bits per heavy atom. The van der Waals surface area contributed by atoms with Gasteiger partial charge in [-0.25, -0.2) is 0 Å². The van der Waals surface area contributed by atoms with E-state index < -0.39 is 0 Å². The Bertz CT molecular complexity index is 2520. The standard InChI is InChI=1S/C48H40N6/c1-31-25-51-29-43-41-27-49-21-19-45(41)53(47(31)43)39-15-7-35(8-16-39)23-33-3-11-37(12-4-33)38-13-5-34(6-14-38)24-36-9-17-40(18-10-36)54-46-20-22-50-28-42(46)44-30-52-26-32(2)48(44)54/h3-22,27-32H,23-26H2,1-2H3. The van der Waals surface area contributed by atoms with Gasteiger partial charge in [0.05, 0.1) is 11.0 Å². The molecule has 6 nitrogen and oxygen atoms in total. The van der Waals surface area contributed by atoms with E-state index >= 15 is 0 Å². The Morgan fingerprint density at radius 3 is 1.24 bits per heavy atom. The van der Waals surface area contributed by atoms with Crippen molar-refractivity contribution in [3.8, 4) is 22.5 Å². The second-order valence-corrected chi connectivity index (χ2v) is 14.9. The average molecular weight is 701 g/mol. The van der Waals surface area contributed by atoms with Crippen LogP contribution in [0, 0.1) is 0 Å². The molecule has 2 aliphatic rings. The molecule has 6 heterocycles. The highest BCUT2D eigenvalue weighted by Gasteiger charge is 2.25. The van der Waals surface area contributed by atoms with E-state index in [1.165, 1.54) is 78.3 Å². The molecule has 2 atom stereocenters. The smallest absolute Gasteiger partial charge is 0.0569 e. The van der Waals surface area contributed by atoms with Gasteiger partial charge >= 0.3 is 0 Å². The molecule has 4 aromatic heterocycles. The summed E-state index contributed by atoms with van der Waals surface area (Å²) in [4.78, 5) is 18.0. The summed E-state index contributed by atoms with van der Waals surface area (Å²) in [6.45, 7) is 6.15. The first-order valence-corrected chi connectivity index (χ1v) is 18.9. The Hall–Kier alpha value is -6.40. The van der Waals surface area contributed by atoms with Crippen molar-refractivity contribution in [3.05, 3.63) is 179 Å². The summed E-state index contributed by atoms with van der Waals surface area (Å²) in [5.74, 6) is 0.705. The van der Waals surface area contributed by atoms with Crippen LogP contribution >= 0.6 is 0 Å². The van der Waals surface area contributed by atoms with Gasteiger partial charge in [0.25, 0.3) is 0 Å². The highest BCUT2D eigenvalue weighted by molar-refractivity contribution is 6.03. The van der Waals surface area contributed by atoms with Crippen molar-refractivity contribution in [3.63, 3.8) is 0 Å². The van der Waals surface area contributed by atoms with Crippen LogP contribution in [0.4, 0.5) is 0 Å². The molecule has 262 valence electrons. The van der Waals surface area contributed by atoms with Crippen LogP contribution in [0.3, 0.4) is 0 Å². The minimum absolute atomic E-state index is 0.353. The van der Waals surface area contributed by atoms with Gasteiger partial charge in [0.1, 0.15) is 0 Å². The molecule has 0 radical (unpaired) electrons. The Morgan fingerprint density at radius 2 is 0.852 bits per heavy atom. The van der Waals surface area contributed by atoms with Crippen molar-refractivity contribution >= 4 is 34.2 Å². The summed E-state index contributed by atoms with van der Waals surface area (Å²) >= 11 is 0. The van der Waals surface area contributed by atoms with Crippen LogP contribution in [0.5, 0.6) is 0 Å². The predicted molar refractivity (Wildman–Crippen MR) is 221 cm³/mol. The number of nitrogens with zero attached hydrogens (tertiary/aromatic N) is 6. The molecule has 8 aromatic rings. The lowest BCUT2D eigenvalue weighted by molar-refractivity contribution is 0.720. The zero-order chi connectivity index (χ0) is 36.2. The maximum Gasteiger partial charge on any atom is 0.0569 e. The Labute approximate surface area is 315 Å². The molecule has 6 heteroatoms. The van der Waals surface area contributed by atoms with Crippen molar-refractivity contribution in [2.75, 3.05) is 13.1 Å². The highest BCUT2D eigenvalue weighted by atomic mass is 15.0. The maximum absolute atomic E-state index is 4.62. The van der Waals surface area contributed by atoms with Crippen LogP contribution in [-0.2, 0) is 12.8 Å². The molecule has 2 unspecified atom stereocenters. The van der Waals surface area contributed by atoms with Crippen molar-refractivity contribution in [1.82, 2.24) is 19.1 Å². The summed E-state index contributed by atoms with van der Waals surface area (Å²) in [5, 5.41) is 2.33. The lowest BCUT2D eigenvalue weighted by Crippen LogP contribution is -2.12. The van der Waals surface area contributed by atoms with Crippen molar-refractivity contribution in [1.29, 1.82) is 0 Å². The molecule has 2 aliphatic heterocycles. The van der Waals surface area contributed by atoms with Gasteiger partial charge < -0.3 is 9.13 Å². The number of pyridine rings is 2. The van der Waals surface area contributed by atoms with Crippen LogP contribution in [0.15, 0.2) is 144 Å². The molecule has 0 bridgehead atoms.